The average Bonchev–Trinajstić information content (AvgIpc) is 2.29. The van der Waals surface area contributed by atoms with Gasteiger partial charge < -0.3 is 14.0 Å². The van der Waals surface area contributed by atoms with Crippen LogP contribution in [-0.2, 0) is 18.8 Å². The molecule has 0 aromatic rings. The van der Waals surface area contributed by atoms with E-state index in [1.807, 2.05) is 0 Å². The molecule has 0 bridgehead atoms. The number of cyclic esters (lactones) is 1. The quantitative estimate of drug-likeness (QED) is 0.443. The lowest BCUT2D eigenvalue weighted by Crippen LogP contribution is -2.42. The van der Waals surface area contributed by atoms with Gasteiger partial charge in [-0.25, -0.2) is 0 Å². The second-order valence-electron chi connectivity index (χ2n) is 6.76. The van der Waals surface area contributed by atoms with Crippen LogP contribution in [0, 0.1) is 11.8 Å². The molecule has 0 aromatic carbocycles. The summed E-state index contributed by atoms with van der Waals surface area (Å²) in [5, 5.41) is 0.157. The van der Waals surface area contributed by atoms with Crippen molar-refractivity contribution in [3.63, 3.8) is 0 Å². The van der Waals surface area contributed by atoms with Gasteiger partial charge in [0.2, 0.25) is 0 Å². The van der Waals surface area contributed by atoms with Gasteiger partial charge in [-0.1, -0.05) is 20.8 Å². The normalized spacial score (nSPS) is 25.0. The first-order chi connectivity index (χ1) is 8.69. The molecular formula is C14H26O4Si. The van der Waals surface area contributed by atoms with Crippen LogP contribution in [0.3, 0.4) is 0 Å². The molecule has 0 saturated carbocycles. The SMILES string of the molecule is CC(C)(C)[Si](C)(C)OCC[C@@H]1C(=O)OCC[C@H]1C=O. The third kappa shape index (κ3) is 4.14. The van der Waals surface area contributed by atoms with E-state index in [0.717, 1.165) is 6.29 Å². The maximum Gasteiger partial charge on any atom is 0.309 e. The van der Waals surface area contributed by atoms with E-state index >= 15 is 0 Å². The standard InChI is InChI=1S/C14H26O4Si/c1-14(2,3)19(4,5)18-9-7-12-11(10-15)6-8-17-13(12)16/h10-12H,6-9H2,1-5H3/t11-,12-/m0/s1. The highest BCUT2D eigenvalue weighted by atomic mass is 28.4. The summed E-state index contributed by atoms with van der Waals surface area (Å²) in [6, 6.07) is 0. The molecule has 19 heavy (non-hydrogen) atoms. The second-order valence-corrected chi connectivity index (χ2v) is 11.6. The van der Waals surface area contributed by atoms with Gasteiger partial charge in [0.25, 0.3) is 0 Å². The Balaban J connectivity index is 2.51. The highest BCUT2D eigenvalue weighted by Crippen LogP contribution is 2.37. The molecule has 1 heterocycles. The van der Waals surface area contributed by atoms with Crippen LogP contribution in [0.4, 0.5) is 0 Å². The molecule has 1 aliphatic heterocycles. The minimum absolute atomic E-state index is 0.157. The minimum Gasteiger partial charge on any atom is -0.465 e. The zero-order chi connectivity index (χ0) is 14.7. The lowest BCUT2D eigenvalue weighted by atomic mass is 9.87. The minimum atomic E-state index is -1.78. The third-order valence-electron chi connectivity index (χ3n) is 4.39. The van der Waals surface area contributed by atoms with E-state index in [0.29, 0.717) is 26.1 Å². The first kappa shape index (κ1) is 16.4. The zero-order valence-electron chi connectivity index (χ0n) is 12.7. The van der Waals surface area contributed by atoms with Crippen molar-refractivity contribution in [2.45, 2.75) is 51.7 Å². The van der Waals surface area contributed by atoms with Crippen LogP contribution in [0.15, 0.2) is 0 Å². The van der Waals surface area contributed by atoms with Crippen LogP contribution >= 0.6 is 0 Å². The van der Waals surface area contributed by atoms with Crippen LogP contribution in [0.5, 0.6) is 0 Å². The monoisotopic (exact) mass is 286 g/mol. The molecule has 0 radical (unpaired) electrons. The van der Waals surface area contributed by atoms with E-state index in [4.69, 9.17) is 9.16 Å². The van der Waals surface area contributed by atoms with Crippen LogP contribution in [-0.4, -0.2) is 33.8 Å². The molecule has 1 rings (SSSR count). The summed E-state index contributed by atoms with van der Waals surface area (Å²) in [5.74, 6) is -0.775. The van der Waals surface area contributed by atoms with Gasteiger partial charge in [0, 0.05) is 12.5 Å². The second kappa shape index (κ2) is 6.18. The predicted molar refractivity (Wildman–Crippen MR) is 76.4 cm³/mol. The van der Waals surface area contributed by atoms with E-state index < -0.39 is 8.32 Å². The van der Waals surface area contributed by atoms with Crippen molar-refractivity contribution in [1.29, 1.82) is 0 Å². The Labute approximate surface area is 117 Å². The van der Waals surface area contributed by atoms with Crippen molar-refractivity contribution in [1.82, 2.24) is 0 Å². The molecule has 1 fully saturated rings. The van der Waals surface area contributed by atoms with Crippen molar-refractivity contribution >= 4 is 20.6 Å². The van der Waals surface area contributed by atoms with E-state index in [1.54, 1.807) is 0 Å². The Morgan fingerprint density at radius 1 is 1.42 bits per heavy atom. The molecule has 0 N–H and O–H groups in total. The Morgan fingerprint density at radius 3 is 2.58 bits per heavy atom. The first-order valence-corrected chi connectivity index (χ1v) is 9.86. The van der Waals surface area contributed by atoms with Gasteiger partial charge in [-0.05, 0) is 31.0 Å². The topological polar surface area (TPSA) is 52.6 Å². The number of esters is 1. The van der Waals surface area contributed by atoms with Gasteiger partial charge in [0.15, 0.2) is 8.32 Å². The summed E-state index contributed by atoms with van der Waals surface area (Å²) >= 11 is 0. The molecule has 1 aliphatic rings. The fourth-order valence-corrected chi connectivity index (χ4v) is 2.99. The molecule has 0 amide bonds. The van der Waals surface area contributed by atoms with Crippen LogP contribution in [0.25, 0.3) is 0 Å². The molecular weight excluding hydrogens is 260 g/mol. The molecule has 0 spiro atoms. The van der Waals surface area contributed by atoms with Crippen LogP contribution < -0.4 is 0 Å². The lowest BCUT2D eigenvalue weighted by Gasteiger charge is -2.37. The molecule has 0 unspecified atom stereocenters. The largest absolute Gasteiger partial charge is 0.465 e. The van der Waals surface area contributed by atoms with Crippen LogP contribution in [0.2, 0.25) is 18.1 Å². The number of carbonyl (C=O) groups is 2. The maximum absolute atomic E-state index is 11.7. The Bertz CT molecular complexity index is 333. The van der Waals surface area contributed by atoms with Crippen molar-refractivity contribution < 1.29 is 18.8 Å². The van der Waals surface area contributed by atoms with Crippen molar-refractivity contribution in [3.05, 3.63) is 0 Å². The summed E-state index contributed by atoms with van der Waals surface area (Å²) in [4.78, 5) is 22.7. The number of hydrogen-bond acceptors (Lipinski definition) is 4. The summed E-state index contributed by atoms with van der Waals surface area (Å²) in [6.07, 6.45) is 2.10. The number of carbonyl (C=O) groups excluding carboxylic acids is 2. The Morgan fingerprint density at radius 2 is 2.05 bits per heavy atom. The van der Waals surface area contributed by atoms with E-state index in [2.05, 4.69) is 33.9 Å². The molecule has 4 nitrogen and oxygen atoms in total. The fourth-order valence-electron chi connectivity index (χ4n) is 1.93. The summed E-state index contributed by atoms with van der Waals surface area (Å²) in [7, 11) is -1.78. The number of hydrogen-bond donors (Lipinski definition) is 0. The number of aldehydes is 1. The van der Waals surface area contributed by atoms with Gasteiger partial charge in [-0.3, -0.25) is 4.79 Å². The maximum atomic E-state index is 11.7. The molecule has 1 saturated heterocycles. The molecule has 110 valence electrons. The Hall–Kier alpha value is -0.683. The van der Waals surface area contributed by atoms with Gasteiger partial charge >= 0.3 is 5.97 Å². The Kier molecular flexibility index (Phi) is 5.32. The molecule has 0 aliphatic carbocycles. The van der Waals surface area contributed by atoms with E-state index in [-0.39, 0.29) is 22.8 Å². The average molecular weight is 286 g/mol. The van der Waals surface area contributed by atoms with Gasteiger partial charge in [0.1, 0.15) is 6.29 Å². The molecule has 2 atom stereocenters. The summed E-state index contributed by atoms with van der Waals surface area (Å²) in [5.41, 5.74) is 0. The highest BCUT2D eigenvalue weighted by molar-refractivity contribution is 6.74. The van der Waals surface area contributed by atoms with Gasteiger partial charge in [-0.15, -0.1) is 0 Å². The fraction of sp³-hybridized carbons (Fsp3) is 0.857. The van der Waals surface area contributed by atoms with E-state index in [9.17, 15) is 9.59 Å². The lowest BCUT2D eigenvalue weighted by molar-refractivity contribution is -0.158. The number of ether oxygens (including phenoxy) is 1. The number of rotatable bonds is 5. The summed E-state index contributed by atoms with van der Waals surface area (Å²) in [6.45, 7) is 11.8. The first-order valence-electron chi connectivity index (χ1n) is 6.95. The van der Waals surface area contributed by atoms with Crippen molar-refractivity contribution in [2.24, 2.45) is 11.8 Å². The highest BCUT2D eigenvalue weighted by Gasteiger charge is 2.38. The summed E-state index contributed by atoms with van der Waals surface area (Å²) < 4.78 is 11.1. The smallest absolute Gasteiger partial charge is 0.309 e. The zero-order valence-corrected chi connectivity index (χ0v) is 13.7. The third-order valence-corrected chi connectivity index (χ3v) is 8.93. The van der Waals surface area contributed by atoms with Gasteiger partial charge in [0.05, 0.1) is 12.5 Å². The molecule has 0 aromatic heterocycles. The van der Waals surface area contributed by atoms with Crippen molar-refractivity contribution in [2.75, 3.05) is 13.2 Å². The van der Waals surface area contributed by atoms with Gasteiger partial charge in [-0.2, -0.15) is 0 Å². The predicted octanol–water partition coefficient (Wildman–Crippen LogP) is 2.78. The van der Waals surface area contributed by atoms with E-state index in [1.165, 1.54) is 0 Å². The van der Waals surface area contributed by atoms with Crippen LogP contribution in [0.1, 0.15) is 33.6 Å². The van der Waals surface area contributed by atoms with Crippen molar-refractivity contribution in [3.8, 4) is 0 Å². The molecule has 5 heteroatoms.